The van der Waals surface area contributed by atoms with Crippen LogP contribution in [0.3, 0.4) is 0 Å². The summed E-state index contributed by atoms with van der Waals surface area (Å²) in [5.41, 5.74) is 3.48. The van der Waals surface area contributed by atoms with E-state index < -0.39 is 11.9 Å². The Hall–Kier alpha value is -3.22. The van der Waals surface area contributed by atoms with E-state index >= 15 is 0 Å². The number of rotatable bonds is 5. The number of anilines is 1. The van der Waals surface area contributed by atoms with Crippen molar-refractivity contribution < 1.29 is 14.3 Å². The molecule has 0 unspecified atom stereocenters. The number of amides is 1. The molecule has 1 N–H and O–H groups in total. The quantitative estimate of drug-likeness (QED) is 0.723. The van der Waals surface area contributed by atoms with Crippen molar-refractivity contribution in [2.24, 2.45) is 0 Å². The Labute approximate surface area is 144 Å². The number of aromatic nitrogens is 3. The van der Waals surface area contributed by atoms with Crippen LogP contribution in [0, 0.1) is 6.92 Å². The molecule has 0 radical (unpaired) electrons. The summed E-state index contributed by atoms with van der Waals surface area (Å²) in [6.07, 6.45) is 0. The lowest BCUT2D eigenvalue weighted by atomic mass is 10.2. The zero-order chi connectivity index (χ0) is 17.8. The minimum atomic E-state index is -0.577. The average molecular weight is 338 g/mol. The molecular formula is C18H18N4O3. The first-order chi connectivity index (χ1) is 12.1. The summed E-state index contributed by atoms with van der Waals surface area (Å²) in [6, 6.07) is 12.4. The van der Waals surface area contributed by atoms with E-state index in [2.05, 4.69) is 15.6 Å². The molecule has 25 heavy (non-hydrogen) atoms. The van der Waals surface area contributed by atoms with Crippen molar-refractivity contribution in [3.63, 3.8) is 0 Å². The van der Waals surface area contributed by atoms with Crippen LogP contribution in [0.25, 0.3) is 11.0 Å². The Kier molecular flexibility index (Phi) is 4.74. The highest BCUT2D eigenvalue weighted by atomic mass is 16.5. The molecule has 128 valence electrons. The smallest absolute Gasteiger partial charge is 0.338 e. The van der Waals surface area contributed by atoms with Gasteiger partial charge in [0, 0.05) is 12.2 Å². The standard InChI is InChI=1S/C18H18N4O3/c1-3-22-16-8-7-13(10-15(16)20-21-22)18(24)25-11-17(23)19-14-6-4-5-12(2)9-14/h4-10H,3,11H2,1-2H3,(H,19,23). The van der Waals surface area contributed by atoms with E-state index in [0.29, 0.717) is 23.3 Å². The van der Waals surface area contributed by atoms with Crippen LogP contribution in [0.1, 0.15) is 22.8 Å². The normalized spacial score (nSPS) is 10.6. The first-order valence-electron chi connectivity index (χ1n) is 7.93. The molecule has 2 aromatic carbocycles. The minimum absolute atomic E-state index is 0.332. The molecule has 3 aromatic rings. The van der Waals surface area contributed by atoms with Gasteiger partial charge in [0.05, 0.1) is 11.1 Å². The molecule has 7 nitrogen and oxygen atoms in total. The van der Waals surface area contributed by atoms with Crippen LogP contribution in [-0.2, 0) is 16.1 Å². The lowest BCUT2D eigenvalue weighted by molar-refractivity contribution is -0.119. The number of nitrogens with zero attached hydrogens (tertiary/aromatic N) is 3. The molecule has 7 heteroatoms. The van der Waals surface area contributed by atoms with Crippen LogP contribution in [0.5, 0.6) is 0 Å². The summed E-state index contributed by atoms with van der Waals surface area (Å²) >= 11 is 0. The van der Waals surface area contributed by atoms with Crippen molar-refractivity contribution in [3.8, 4) is 0 Å². The fourth-order valence-electron chi connectivity index (χ4n) is 2.47. The highest BCUT2D eigenvalue weighted by Crippen LogP contribution is 2.14. The number of nitrogens with one attached hydrogen (secondary N) is 1. The molecule has 1 aromatic heterocycles. The van der Waals surface area contributed by atoms with Gasteiger partial charge in [-0.15, -0.1) is 5.10 Å². The van der Waals surface area contributed by atoms with E-state index in [-0.39, 0.29) is 6.61 Å². The van der Waals surface area contributed by atoms with Gasteiger partial charge in [0.15, 0.2) is 6.61 Å². The second kappa shape index (κ2) is 7.12. The number of esters is 1. The van der Waals surface area contributed by atoms with Crippen molar-refractivity contribution in [1.29, 1.82) is 0 Å². The maximum absolute atomic E-state index is 12.1. The molecule has 0 spiro atoms. The minimum Gasteiger partial charge on any atom is -0.452 e. The van der Waals surface area contributed by atoms with Gasteiger partial charge in [0.2, 0.25) is 0 Å². The molecule has 1 amide bonds. The number of carbonyl (C=O) groups excluding carboxylic acids is 2. The second-order valence-corrected chi connectivity index (χ2v) is 5.60. The first-order valence-corrected chi connectivity index (χ1v) is 7.93. The van der Waals surface area contributed by atoms with E-state index in [4.69, 9.17) is 4.74 Å². The van der Waals surface area contributed by atoms with Gasteiger partial charge in [-0.05, 0) is 49.7 Å². The average Bonchev–Trinajstić information content (AvgIpc) is 3.02. The summed E-state index contributed by atoms with van der Waals surface area (Å²) in [7, 11) is 0. The SMILES string of the molecule is CCn1nnc2cc(C(=O)OCC(=O)Nc3cccc(C)c3)ccc21. The fraction of sp³-hybridized carbons (Fsp3) is 0.222. The Morgan fingerprint density at radius 3 is 2.80 bits per heavy atom. The van der Waals surface area contributed by atoms with Crippen LogP contribution >= 0.6 is 0 Å². The number of ether oxygens (including phenoxy) is 1. The summed E-state index contributed by atoms with van der Waals surface area (Å²) in [4.78, 5) is 24.0. The number of carbonyl (C=O) groups is 2. The second-order valence-electron chi connectivity index (χ2n) is 5.60. The van der Waals surface area contributed by atoms with E-state index in [1.165, 1.54) is 0 Å². The lowest BCUT2D eigenvalue weighted by Crippen LogP contribution is -2.20. The Balaban J connectivity index is 1.61. The van der Waals surface area contributed by atoms with Crippen molar-refractivity contribution >= 4 is 28.6 Å². The molecule has 0 saturated carbocycles. The largest absolute Gasteiger partial charge is 0.452 e. The van der Waals surface area contributed by atoms with Gasteiger partial charge >= 0.3 is 5.97 Å². The zero-order valence-corrected chi connectivity index (χ0v) is 14.0. The number of hydrogen-bond donors (Lipinski definition) is 1. The Morgan fingerprint density at radius 1 is 1.20 bits per heavy atom. The van der Waals surface area contributed by atoms with Crippen molar-refractivity contribution in [3.05, 3.63) is 53.6 Å². The molecule has 0 bridgehead atoms. The zero-order valence-electron chi connectivity index (χ0n) is 14.0. The highest BCUT2D eigenvalue weighted by Gasteiger charge is 2.13. The summed E-state index contributed by atoms with van der Waals surface area (Å²) in [5.74, 6) is -0.968. The summed E-state index contributed by atoms with van der Waals surface area (Å²) in [5, 5.41) is 10.7. The number of aryl methyl sites for hydroxylation is 2. The molecule has 3 rings (SSSR count). The molecular weight excluding hydrogens is 320 g/mol. The van der Waals surface area contributed by atoms with Crippen LogP contribution in [0.15, 0.2) is 42.5 Å². The van der Waals surface area contributed by atoms with Gasteiger partial charge in [0.1, 0.15) is 5.52 Å². The molecule has 0 saturated heterocycles. The molecule has 1 heterocycles. The summed E-state index contributed by atoms with van der Waals surface area (Å²) < 4.78 is 6.80. The fourth-order valence-corrected chi connectivity index (χ4v) is 2.47. The first kappa shape index (κ1) is 16.6. The van der Waals surface area contributed by atoms with Gasteiger partial charge in [-0.2, -0.15) is 0 Å². The van der Waals surface area contributed by atoms with Crippen LogP contribution in [-0.4, -0.2) is 33.5 Å². The van der Waals surface area contributed by atoms with Gasteiger partial charge < -0.3 is 10.1 Å². The number of hydrogen-bond acceptors (Lipinski definition) is 5. The van der Waals surface area contributed by atoms with Crippen LogP contribution < -0.4 is 5.32 Å². The van der Waals surface area contributed by atoms with Gasteiger partial charge in [-0.3, -0.25) is 4.79 Å². The van der Waals surface area contributed by atoms with E-state index in [1.54, 1.807) is 28.9 Å². The van der Waals surface area contributed by atoms with E-state index in [1.807, 2.05) is 32.0 Å². The molecule has 0 aliphatic heterocycles. The molecule has 0 atom stereocenters. The third-order valence-corrected chi connectivity index (χ3v) is 3.69. The monoisotopic (exact) mass is 338 g/mol. The number of fused-ring (bicyclic) bond motifs is 1. The highest BCUT2D eigenvalue weighted by molar-refractivity contribution is 5.97. The third-order valence-electron chi connectivity index (χ3n) is 3.69. The summed E-state index contributed by atoms with van der Waals surface area (Å²) in [6.45, 7) is 4.23. The molecule has 0 fully saturated rings. The van der Waals surface area contributed by atoms with Crippen molar-refractivity contribution in [2.45, 2.75) is 20.4 Å². The molecule has 0 aliphatic carbocycles. The predicted octanol–water partition coefficient (Wildman–Crippen LogP) is 2.56. The van der Waals surface area contributed by atoms with E-state index in [0.717, 1.165) is 11.1 Å². The van der Waals surface area contributed by atoms with Crippen molar-refractivity contribution in [2.75, 3.05) is 11.9 Å². The third kappa shape index (κ3) is 3.82. The van der Waals surface area contributed by atoms with Crippen LogP contribution in [0.2, 0.25) is 0 Å². The lowest BCUT2D eigenvalue weighted by Gasteiger charge is -2.07. The Morgan fingerprint density at radius 2 is 2.04 bits per heavy atom. The Bertz CT molecular complexity index is 933. The predicted molar refractivity (Wildman–Crippen MR) is 93.3 cm³/mol. The molecule has 0 aliphatic rings. The van der Waals surface area contributed by atoms with Gasteiger partial charge in [-0.1, -0.05) is 17.3 Å². The van der Waals surface area contributed by atoms with Crippen LogP contribution in [0.4, 0.5) is 5.69 Å². The maximum Gasteiger partial charge on any atom is 0.338 e. The van der Waals surface area contributed by atoms with Gasteiger partial charge in [-0.25, -0.2) is 9.48 Å². The number of benzene rings is 2. The maximum atomic E-state index is 12.1. The topological polar surface area (TPSA) is 86.1 Å². The van der Waals surface area contributed by atoms with E-state index in [9.17, 15) is 9.59 Å². The van der Waals surface area contributed by atoms with Crippen molar-refractivity contribution in [1.82, 2.24) is 15.0 Å². The van der Waals surface area contributed by atoms with Gasteiger partial charge in [0.25, 0.3) is 5.91 Å².